The molecule has 9 heteroatoms. The summed E-state index contributed by atoms with van der Waals surface area (Å²) in [4.78, 5) is 35.1. The summed E-state index contributed by atoms with van der Waals surface area (Å²) in [6.07, 6.45) is 6.58. The maximum absolute atomic E-state index is 13.2. The normalized spacial score (nSPS) is 16.1. The summed E-state index contributed by atoms with van der Waals surface area (Å²) in [6, 6.07) is 24.4. The quantitative estimate of drug-likeness (QED) is 0.200. The fourth-order valence-corrected chi connectivity index (χ4v) is 6.56. The number of nitrogens with zero attached hydrogens (tertiary/aromatic N) is 3. The molecule has 6 rings (SSSR count). The Morgan fingerprint density at radius 2 is 1.68 bits per heavy atom. The zero-order valence-electron chi connectivity index (χ0n) is 26.9. The van der Waals surface area contributed by atoms with Crippen LogP contribution in [0.25, 0.3) is 11.1 Å². The molecule has 1 unspecified atom stereocenters. The molecule has 244 valence electrons. The number of amides is 2. The van der Waals surface area contributed by atoms with Crippen molar-refractivity contribution in [3.05, 3.63) is 107 Å². The topological polar surface area (TPSA) is 121 Å². The highest BCUT2D eigenvalue weighted by Gasteiger charge is 2.28. The number of aromatic nitrogens is 1. The number of nitrogens with two attached hydrogens (primary N) is 1. The van der Waals surface area contributed by atoms with E-state index in [1.165, 1.54) is 25.9 Å². The SMILES string of the molecule is CC(Oc1cc(-c2ccc(C(=O)N3CCC(N4CCCC4)CC3)cc2)cnc1N)c1cccc(C(=O)NCCc2cccc(O)c2)c1. The second-order valence-corrected chi connectivity index (χ2v) is 12.5. The maximum Gasteiger partial charge on any atom is 0.253 e. The van der Waals surface area contributed by atoms with Crippen LogP contribution in [0.2, 0.25) is 0 Å². The number of nitrogens with one attached hydrogen (secondary N) is 1. The number of nitrogen functional groups attached to an aromatic ring is 1. The first kappa shape index (κ1) is 32.1. The van der Waals surface area contributed by atoms with Crippen LogP contribution in [0.3, 0.4) is 0 Å². The lowest BCUT2D eigenvalue weighted by Crippen LogP contribution is -2.45. The van der Waals surface area contributed by atoms with Crippen LogP contribution in [0.15, 0.2) is 85.1 Å². The molecule has 47 heavy (non-hydrogen) atoms. The molecular formula is C38H43N5O4. The molecule has 1 atom stereocenters. The van der Waals surface area contributed by atoms with Crippen molar-refractivity contribution in [2.75, 3.05) is 38.5 Å². The molecule has 9 nitrogen and oxygen atoms in total. The number of phenols is 1. The Morgan fingerprint density at radius 1 is 0.936 bits per heavy atom. The largest absolute Gasteiger partial charge is 0.508 e. The molecule has 2 aliphatic heterocycles. The van der Waals surface area contributed by atoms with Crippen LogP contribution >= 0.6 is 0 Å². The van der Waals surface area contributed by atoms with Gasteiger partial charge >= 0.3 is 0 Å². The summed E-state index contributed by atoms with van der Waals surface area (Å²) in [5.74, 6) is 0.816. The van der Waals surface area contributed by atoms with Gasteiger partial charge in [0.1, 0.15) is 11.9 Å². The lowest BCUT2D eigenvalue weighted by atomic mass is 10.0. The third-order valence-electron chi connectivity index (χ3n) is 9.29. The minimum Gasteiger partial charge on any atom is -0.508 e. The number of rotatable bonds is 10. The summed E-state index contributed by atoms with van der Waals surface area (Å²) in [6.45, 7) is 6.34. The summed E-state index contributed by atoms with van der Waals surface area (Å²) >= 11 is 0. The number of carbonyl (C=O) groups excluding carboxylic acids is 2. The van der Waals surface area contributed by atoms with Crippen molar-refractivity contribution >= 4 is 17.6 Å². The molecule has 0 bridgehead atoms. The number of hydrogen-bond acceptors (Lipinski definition) is 7. The van der Waals surface area contributed by atoms with E-state index in [-0.39, 0.29) is 23.4 Å². The van der Waals surface area contributed by atoms with E-state index in [2.05, 4.69) is 15.2 Å². The molecule has 0 saturated carbocycles. The van der Waals surface area contributed by atoms with Gasteiger partial charge in [-0.1, -0.05) is 36.4 Å². The van der Waals surface area contributed by atoms with Gasteiger partial charge in [0, 0.05) is 48.6 Å². The Hall–Kier alpha value is -4.89. The second-order valence-electron chi connectivity index (χ2n) is 12.5. The number of likely N-dealkylation sites (tertiary alicyclic amines) is 2. The van der Waals surface area contributed by atoms with Crippen LogP contribution < -0.4 is 15.8 Å². The zero-order chi connectivity index (χ0) is 32.8. The number of aromatic hydroxyl groups is 1. The zero-order valence-corrected chi connectivity index (χ0v) is 26.9. The highest BCUT2D eigenvalue weighted by molar-refractivity contribution is 5.95. The Morgan fingerprint density at radius 3 is 2.43 bits per heavy atom. The Bertz CT molecular complexity index is 1690. The fraction of sp³-hybridized carbons (Fsp3) is 0.342. The molecule has 4 N–H and O–H groups in total. The van der Waals surface area contributed by atoms with Gasteiger partial charge in [-0.25, -0.2) is 4.98 Å². The molecule has 1 aromatic heterocycles. The van der Waals surface area contributed by atoms with Gasteiger partial charge in [0.15, 0.2) is 11.6 Å². The van der Waals surface area contributed by atoms with E-state index in [0.29, 0.717) is 35.9 Å². The molecule has 3 aromatic carbocycles. The van der Waals surface area contributed by atoms with Crippen molar-refractivity contribution in [3.8, 4) is 22.6 Å². The standard InChI is InChI=1S/C38H43N5O4/c1-26(30-7-5-8-31(23-30)37(45)40-17-14-27-6-4-9-34(44)22-27)47-35-24-32(25-41-36(35)39)28-10-12-29(13-11-28)38(46)43-20-15-33(16-21-43)42-18-2-3-19-42/h4-13,22-26,33,44H,2-3,14-21H2,1H3,(H2,39,41)(H,40,45). The molecule has 0 aliphatic carbocycles. The van der Waals surface area contributed by atoms with Crippen LogP contribution in [0.1, 0.15) is 70.6 Å². The summed E-state index contributed by atoms with van der Waals surface area (Å²) in [5, 5.41) is 12.6. The van der Waals surface area contributed by atoms with Gasteiger partial charge in [-0.3, -0.25) is 9.59 Å². The van der Waals surface area contributed by atoms with Gasteiger partial charge in [-0.05, 0) is 111 Å². The number of benzene rings is 3. The molecule has 2 amide bonds. The molecule has 2 saturated heterocycles. The summed E-state index contributed by atoms with van der Waals surface area (Å²) in [5.41, 5.74) is 10.9. The van der Waals surface area contributed by atoms with E-state index in [9.17, 15) is 14.7 Å². The molecule has 2 aliphatic rings. The number of phenolic OH excluding ortho intramolecular Hbond substituents is 1. The van der Waals surface area contributed by atoms with E-state index in [0.717, 1.165) is 48.2 Å². The second kappa shape index (κ2) is 14.7. The minimum absolute atomic E-state index is 0.0806. The van der Waals surface area contributed by atoms with Gasteiger partial charge in [0.05, 0.1) is 0 Å². The smallest absolute Gasteiger partial charge is 0.253 e. The summed E-state index contributed by atoms with van der Waals surface area (Å²) in [7, 11) is 0. The van der Waals surface area contributed by atoms with Gasteiger partial charge < -0.3 is 30.7 Å². The van der Waals surface area contributed by atoms with Gasteiger partial charge in [-0.2, -0.15) is 0 Å². The number of hydrogen-bond donors (Lipinski definition) is 3. The minimum atomic E-state index is -0.399. The van der Waals surface area contributed by atoms with Crippen LogP contribution in [-0.2, 0) is 6.42 Å². The molecule has 2 fully saturated rings. The average Bonchev–Trinajstić information content (AvgIpc) is 3.65. The fourth-order valence-electron chi connectivity index (χ4n) is 6.56. The maximum atomic E-state index is 13.2. The Labute approximate surface area is 276 Å². The third-order valence-corrected chi connectivity index (χ3v) is 9.29. The Kier molecular flexibility index (Phi) is 10.0. The van der Waals surface area contributed by atoms with Crippen LogP contribution in [-0.4, -0.2) is 70.5 Å². The first-order valence-electron chi connectivity index (χ1n) is 16.6. The van der Waals surface area contributed by atoms with E-state index in [1.54, 1.807) is 30.5 Å². The third kappa shape index (κ3) is 7.92. The van der Waals surface area contributed by atoms with E-state index < -0.39 is 6.10 Å². The van der Waals surface area contributed by atoms with Gasteiger partial charge in [0.25, 0.3) is 11.8 Å². The predicted molar refractivity (Wildman–Crippen MR) is 183 cm³/mol. The van der Waals surface area contributed by atoms with Gasteiger partial charge in [-0.15, -0.1) is 0 Å². The molecular weight excluding hydrogens is 590 g/mol. The predicted octanol–water partition coefficient (Wildman–Crippen LogP) is 5.85. The van der Waals surface area contributed by atoms with Crippen molar-refractivity contribution in [1.29, 1.82) is 0 Å². The van der Waals surface area contributed by atoms with Crippen LogP contribution in [0.5, 0.6) is 11.5 Å². The van der Waals surface area contributed by atoms with Crippen LogP contribution in [0, 0.1) is 0 Å². The highest BCUT2D eigenvalue weighted by atomic mass is 16.5. The number of ether oxygens (including phenoxy) is 1. The lowest BCUT2D eigenvalue weighted by Gasteiger charge is -2.36. The number of anilines is 1. The van der Waals surface area contributed by atoms with Crippen LogP contribution in [0.4, 0.5) is 5.82 Å². The molecule has 0 radical (unpaired) electrons. The average molecular weight is 634 g/mol. The summed E-state index contributed by atoms with van der Waals surface area (Å²) < 4.78 is 6.26. The van der Waals surface area contributed by atoms with Crippen molar-refractivity contribution in [2.24, 2.45) is 0 Å². The molecule has 4 aromatic rings. The van der Waals surface area contributed by atoms with E-state index in [1.807, 2.05) is 66.4 Å². The van der Waals surface area contributed by atoms with Crippen molar-refractivity contribution in [2.45, 2.75) is 51.2 Å². The first-order chi connectivity index (χ1) is 22.8. The first-order valence-corrected chi connectivity index (χ1v) is 16.6. The highest BCUT2D eigenvalue weighted by Crippen LogP contribution is 2.31. The molecule has 0 spiro atoms. The molecule has 3 heterocycles. The number of piperidine rings is 1. The van der Waals surface area contributed by atoms with Gasteiger partial charge in [0.2, 0.25) is 0 Å². The van der Waals surface area contributed by atoms with E-state index in [4.69, 9.17) is 10.5 Å². The number of pyridine rings is 1. The van der Waals surface area contributed by atoms with Crippen molar-refractivity contribution in [3.63, 3.8) is 0 Å². The monoisotopic (exact) mass is 633 g/mol. The van der Waals surface area contributed by atoms with Crippen molar-refractivity contribution in [1.82, 2.24) is 20.1 Å². The van der Waals surface area contributed by atoms with Crippen molar-refractivity contribution < 1.29 is 19.4 Å². The lowest BCUT2D eigenvalue weighted by molar-refractivity contribution is 0.0644. The number of carbonyl (C=O) groups is 2. The Balaban J connectivity index is 1.05. The van der Waals surface area contributed by atoms with E-state index >= 15 is 0 Å².